The highest BCUT2D eigenvalue weighted by Crippen LogP contribution is 2.50. The van der Waals surface area contributed by atoms with Crippen LogP contribution in [0.25, 0.3) is 0 Å². The Hall–Kier alpha value is -1.40. The van der Waals surface area contributed by atoms with E-state index in [1.165, 1.54) is 6.07 Å². The molecule has 116 valence electrons. The number of nitrogens with one attached hydrogen (secondary N) is 1. The van der Waals surface area contributed by atoms with Crippen LogP contribution in [0.5, 0.6) is 0 Å². The van der Waals surface area contributed by atoms with Crippen molar-refractivity contribution in [2.45, 2.75) is 39.0 Å². The lowest BCUT2D eigenvalue weighted by Crippen LogP contribution is -2.27. The van der Waals surface area contributed by atoms with Gasteiger partial charge in [0.2, 0.25) is 10.0 Å². The zero-order valence-electron chi connectivity index (χ0n) is 12.9. The molecule has 21 heavy (non-hydrogen) atoms. The van der Waals surface area contributed by atoms with Crippen molar-refractivity contribution in [2.75, 3.05) is 6.54 Å². The molecule has 1 aliphatic carbocycles. The first-order valence-corrected chi connectivity index (χ1v) is 8.49. The molecule has 3 N–H and O–H groups in total. The number of aryl methyl sites for hydroxylation is 1. The standard InChI is InChI=1S/C15H22N2O3S/c1-9-5-11(6-13(10(9)2)21(16,19)20)14(18)17-8-12-7-15(12,3)4/h5-6,12H,7-8H2,1-4H3,(H,17,18)(H2,16,19,20). The molecule has 1 saturated carbocycles. The number of carbonyl (C=O) groups excluding carboxylic acids is 1. The third-order valence-electron chi connectivity index (χ3n) is 4.41. The number of hydrogen-bond donors (Lipinski definition) is 2. The molecule has 1 unspecified atom stereocenters. The van der Waals surface area contributed by atoms with Crippen molar-refractivity contribution in [3.63, 3.8) is 0 Å². The summed E-state index contributed by atoms with van der Waals surface area (Å²) in [5, 5.41) is 8.07. The van der Waals surface area contributed by atoms with Crippen LogP contribution in [0.15, 0.2) is 17.0 Å². The quantitative estimate of drug-likeness (QED) is 0.887. The molecule has 0 radical (unpaired) electrons. The van der Waals surface area contributed by atoms with Crippen molar-refractivity contribution < 1.29 is 13.2 Å². The van der Waals surface area contributed by atoms with Gasteiger partial charge in [0.15, 0.2) is 0 Å². The van der Waals surface area contributed by atoms with Gasteiger partial charge in [-0.3, -0.25) is 4.79 Å². The molecule has 1 aromatic carbocycles. The van der Waals surface area contributed by atoms with Gasteiger partial charge in [-0.2, -0.15) is 0 Å². The van der Waals surface area contributed by atoms with E-state index in [4.69, 9.17) is 5.14 Å². The second kappa shape index (κ2) is 5.10. The van der Waals surface area contributed by atoms with E-state index in [1.807, 2.05) is 0 Å². The van der Waals surface area contributed by atoms with Crippen molar-refractivity contribution in [3.05, 3.63) is 28.8 Å². The van der Waals surface area contributed by atoms with Gasteiger partial charge in [0, 0.05) is 12.1 Å². The minimum atomic E-state index is -3.83. The number of carbonyl (C=O) groups is 1. The molecule has 5 nitrogen and oxygen atoms in total. The van der Waals surface area contributed by atoms with Crippen LogP contribution in [-0.4, -0.2) is 20.9 Å². The zero-order valence-corrected chi connectivity index (χ0v) is 13.7. The third-order valence-corrected chi connectivity index (χ3v) is 5.45. The van der Waals surface area contributed by atoms with Crippen molar-refractivity contribution >= 4 is 15.9 Å². The van der Waals surface area contributed by atoms with Crippen LogP contribution < -0.4 is 10.5 Å². The lowest BCUT2D eigenvalue weighted by Gasteiger charge is -2.11. The Morgan fingerprint density at radius 2 is 1.95 bits per heavy atom. The van der Waals surface area contributed by atoms with Gasteiger partial charge < -0.3 is 5.32 Å². The van der Waals surface area contributed by atoms with E-state index in [9.17, 15) is 13.2 Å². The van der Waals surface area contributed by atoms with Crippen LogP contribution in [0, 0.1) is 25.2 Å². The van der Waals surface area contributed by atoms with Gasteiger partial charge in [0.25, 0.3) is 5.91 Å². The van der Waals surface area contributed by atoms with Gasteiger partial charge in [-0.15, -0.1) is 0 Å². The summed E-state index contributed by atoms with van der Waals surface area (Å²) in [7, 11) is -3.83. The van der Waals surface area contributed by atoms with E-state index in [2.05, 4.69) is 19.2 Å². The first-order valence-electron chi connectivity index (χ1n) is 6.94. The highest BCUT2D eigenvalue weighted by molar-refractivity contribution is 7.89. The maximum absolute atomic E-state index is 12.2. The van der Waals surface area contributed by atoms with Gasteiger partial charge in [-0.1, -0.05) is 13.8 Å². The van der Waals surface area contributed by atoms with Crippen LogP contribution in [0.1, 0.15) is 41.8 Å². The summed E-state index contributed by atoms with van der Waals surface area (Å²) in [6.07, 6.45) is 1.10. The lowest BCUT2D eigenvalue weighted by atomic mass is 10.1. The van der Waals surface area contributed by atoms with Crippen LogP contribution in [0.4, 0.5) is 0 Å². The summed E-state index contributed by atoms with van der Waals surface area (Å²) in [6, 6.07) is 3.04. The summed E-state index contributed by atoms with van der Waals surface area (Å²) in [6.45, 7) is 8.40. The van der Waals surface area contributed by atoms with Crippen molar-refractivity contribution in [2.24, 2.45) is 16.5 Å². The Kier molecular flexibility index (Phi) is 3.88. The summed E-state index contributed by atoms with van der Waals surface area (Å²) < 4.78 is 23.2. The van der Waals surface area contributed by atoms with Crippen molar-refractivity contribution in [1.29, 1.82) is 0 Å². The average molecular weight is 310 g/mol. The Labute approximate surface area is 126 Å². The molecule has 0 aromatic heterocycles. The fourth-order valence-electron chi connectivity index (χ4n) is 2.50. The monoisotopic (exact) mass is 310 g/mol. The average Bonchev–Trinajstić information content (AvgIpc) is 2.95. The van der Waals surface area contributed by atoms with Gasteiger partial charge in [0.05, 0.1) is 4.90 Å². The van der Waals surface area contributed by atoms with Crippen LogP contribution in [0.2, 0.25) is 0 Å². The number of benzene rings is 1. The molecular weight excluding hydrogens is 288 g/mol. The minimum absolute atomic E-state index is 0.0133. The Balaban J connectivity index is 2.20. The number of rotatable bonds is 4. The number of sulfonamides is 1. The molecule has 2 rings (SSSR count). The molecule has 6 heteroatoms. The van der Waals surface area contributed by atoms with E-state index in [-0.39, 0.29) is 10.8 Å². The number of primary sulfonamides is 1. The number of nitrogens with two attached hydrogens (primary N) is 1. The van der Waals surface area contributed by atoms with Crippen molar-refractivity contribution in [1.82, 2.24) is 5.32 Å². The summed E-state index contributed by atoms with van der Waals surface area (Å²) in [4.78, 5) is 12.2. The van der Waals surface area contributed by atoms with Crippen molar-refractivity contribution in [3.8, 4) is 0 Å². The largest absolute Gasteiger partial charge is 0.352 e. The second-order valence-electron chi connectivity index (χ2n) is 6.56. The van der Waals surface area contributed by atoms with E-state index >= 15 is 0 Å². The third kappa shape index (κ3) is 3.44. The van der Waals surface area contributed by atoms with E-state index in [0.29, 0.717) is 29.0 Å². The van der Waals surface area contributed by atoms with Gasteiger partial charge in [-0.25, -0.2) is 13.6 Å². The van der Waals surface area contributed by atoms with Crippen LogP contribution in [0.3, 0.4) is 0 Å². The molecule has 0 heterocycles. The lowest BCUT2D eigenvalue weighted by molar-refractivity contribution is 0.0950. The Morgan fingerprint density at radius 3 is 2.43 bits per heavy atom. The Bertz CT molecular complexity index is 693. The first-order chi connectivity index (χ1) is 9.52. The molecule has 0 spiro atoms. The summed E-state index contributed by atoms with van der Waals surface area (Å²) in [5.74, 6) is 0.233. The topological polar surface area (TPSA) is 89.3 Å². The fraction of sp³-hybridized carbons (Fsp3) is 0.533. The predicted octanol–water partition coefficient (Wildman–Crippen LogP) is 1.73. The second-order valence-corrected chi connectivity index (χ2v) is 8.09. The summed E-state index contributed by atoms with van der Waals surface area (Å²) >= 11 is 0. The predicted molar refractivity (Wildman–Crippen MR) is 81.5 cm³/mol. The van der Waals surface area contributed by atoms with Crippen LogP contribution >= 0.6 is 0 Å². The number of amides is 1. The molecule has 1 fully saturated rings. The molecule has 0 aliphatic heterocycles. The highest BCUT2D eigenvalue weighted by atomic mass is 32.2. The molecule has 1 aromatic rings. The maximum Gasteiger partial charge on any atom is 0.251 e. The molecule has 1 amide bonds. The molecule has 0 saturated heterocycles. The first kappa shape index (κ1) is 16.0. The molecule has 1 atom stereocenters. The van der Waals surface area contributed by atoms with Crippen LogP contribution in [-0.2, 0) is 10.0 Å². The smallest absolute Gasteiger partial charge is 0.251 e. The fourth-order valence-corrected chi connectivity index (χ4v) is 3.38. The SMILES string of the molecule is Cc1cc(C(=O)NCC2CC2(C)C)cc(S(N)(=O)=O)c1C. The molecule has 1 aliphatic rings. The summed E-state index contributed by atoms with van der Waals surface area (Å²) in [5.41, 5.74) is 1.94. The zero-order chi connectivity index (χ0) is 16.0. The Morgan fingerprint density at radius 1 is 1.38 bits per heavy atom. The highest BCUT2D eigenvalue weighted by Gasteiger charge is 2.45. The van der Waals surface area contributed by atoms with E-state index in [0.717, 1.165) is 12.0 Å². The van der Waals surface area contributed by atoms with Gasteiger partial charge in [0.1, 0.15) is 0 Å². The molecule has 0 bridgehead atoms. The van der Waals surface area contributed by atoms with E-state index < -0.39 is 10.0 Å². The molecular formula is C15H22N2O3S. The van der Waals surface area contributed by atoms with Gasteiger partial charge in [-0.05, 0) is 54.9 Å². The minimum Gasteiger partial charge on any atom is -0.352 e. The van der Waals surface area contributed by atoms with E-state index in [1.54, 1.807) is 19.9 Å². The van der Waals surface area contributed by atoms with Gasteiger partial charge >= 0.3 is 0 Å². The number of hydrogen-bond acceptors (Lipinski definition) is 3. The normalized spacial score (nSPS) is 20.1. The maximum atomic E-state index is 12.2.